The first-order valence-electron chi connectivity index (χ1n) is 11.1. The summed E-state index contributed by atoms with van der Waals surface area (Å²) in [6.45, 7) is 10.1. The minimum Gasteiger partial charge on any atom is -0.353 e. The highest BCUT2D eigenvalue weighted by atomic mass is 16.7. The predicted octanol–water partition coefficient (Wildman–Crippen LogP) is 5.90. The van der Waals surface area contributed by atoms with Gasteiger partial charge in [0.15, 0.2) is 6.29 Å². The highest BCUT2D eigenvalue weighted by molar-refractivity contribution is 5.83. The first-order chi connectivity index (χ1) is 12.3. The fourth-order valence-corrected chi connectivity index (χ4v) is 6.17. The first-order valence-corrected chi connectivity index (χ1v) is 11.1. The predicted molar refractivity (Wildman–Crippen MR) is 105 cm³/mol. The number of carbonyl (C=O) groups is 1. The van der Waals surface area contributed by atoms with Crippen LogP contribution in [0.4, 0.5) is 0 Å². The van der Waals surface area contributed by atoms with E-state index in [2.05, 4.69) is 27.7 Å². The molecule has 0 spiro atoms. The van der Waals surface area contributed by atoms with Gasteiger partial charge in [-0.2, -0.15) is 0 Å². The molecular weight excluding hydrogens is 324 g/mol. The van der Waals surface area contributed by atoms with Gasteiger partial charge in [0, 0.05) is 18.9 Å². The number of fused-ring (bicyclic) bond motifs is 1. The normalized spacial score (nSPS) is 36.8. The molecule has 3 heteroatoms. The van der Waals surface area contributed by atoms with E-state index >= 15 is 0 Å². The van der Waals surface area contributed by atoms with Crippen molar-refractivity contribution in [3.05, 3.63) is 0 Å². The second kappa shape index (κ2) is 8.31. The third-order valence-electron chi connectivity index (χ3n) is 7.65. The van der Waals surface area contributed by atoms with Crippen LogP contribution in [-0.2, 0) is 14.3 Å². The molecule has 0 aromatic rings. The van der Waals surface area contributed by atoms with Crippen molar-refractivity contribution in [1.82, 2.24) is 0 Å². The Kier molecular flexibility index (Phi) is 6.49. The molecular formula is C23H40O3. The van der Waals surface area contributed by atoms with Crippen molar-refractivity contribution in [1.29, 1.82) is 0 Å². The molecule has 0 N–H and O–H groups in total. The molecule has 150 valence electrons. The molecule has 0 radical (unpaired) electrons. The topological polar surface area (TPSA) is 35.5 Å². The summed E-state index contributed by atoms with van der Waals surface area (Å²) >= 11 is 0. The number of rotatable bonds is 7. The van der Waals surface area contributed by atoms with Gasteiger partial charge in [0.2, 0.25) is 0 Å². The Bertz CT molecular complexity index is 480. The Hall–Kier alpha value is -0.410. The summed E-state index contributed by atoms with van der Waals surface area (Å²) in [7, 11) is 0. The van der Waals surface area contributed by atoms with Gasteiger partial charge in [0.25, 0.3) is 0 Å². The van der Waals surface area contributed by atoms with Crippen LogP contribution < -0.4 is 0 Å². The zero-order chi connectivity index (χ0) is 18.8. The van der Waals surface area contributed by atoms with E-state index in [-0.39, 0.29) is 17.3 Å². The Morgan fingerprint density at radius 1 is 1.23 bits per heavy atom. The molecule has 5 atom stereocenters. The minimum atomic E-state index is -0.107. The van der Waals surface area contributed by atoms with Crippen LogP contribution in [0.3, 0.4) is 0 Å². The molecule has 3 fully saturated rings. The number of ketones is 1. The molecule has 3 aliphatic rings. The van der Waals surface area contributed by atoms with Gasteiger partial charge in [0.05, 0.1) is 5.60 Å². The van der Waals surface area contributed by atoms with E-state index in [1.165, 1.54) is 38.5 Å². The van der Waals surface area contributed by atoms with Crippen LogP contribution in [0.25, 0.3) is 0 Å². The third kappa shape index (κ3) is 4.52. The largest absolute Gasteiger partial charge is 0.353 e. The summed E-state index contributed by atoms with van der Waals surface area (Å²) in [6, 6.07) is 0. The molecule has 2 saturated carbocycles. The Balaban J connectivity index is 1.46. The molecule has 3 rings (SSSR count). The quantitative estimate of drug-likeness (QED) is 0.564. The Labute approximate surface area is 160 Å². The second-order valence-corrected chi connectivity index (χ2v) is 10.1. The van der Waals surface area contributed by atoms with Crippen molar-refractivity contribution in [3.63, 3.8) is 0 Å². The lowest BCUT2D eigenvalue weighted by atomic mass is 9.62. The molecule has 0 bridgehead atoms. The lowest BCUT2D eigenvalue weighted by molar-refractivity contribution is -0.217. The van der Waals surface area contributed by atoms with Gasteiger partial charge in [-0.3, -0.25) is 4.79 Å². The zero-order valence-electron chi connectivity index (χ0n) is 17.5. The number of Topliss-reactive ketones (excluding diaryl/α,β-unsaturated/α-hetero) is 1. The molecule has 2 aliphatic carbocycles. The van der Waals surface area contributed by atoms with Crippen molar-refractivity contribution in [2.75, 3.05) is 6.61 Å². The Morgan fingerprint density at radius 3 is 2.77 bits per heavy atom. The zero-order valence-corrected chi connectivity index (χ0v) is 17.5. The van der Waals surface area contributed by atoms with Crippen LogP contribution in [-0.4, -0.2) is 24.3 Å². The number of carbonyl (C=O) groups excluding carboxylic acids is 1. The van der Waals surface area contributed by atoms with Gasteiger partial charge >= 0.3 is 0 Å². The lowest BCUT2D eigenvalue weighted by Gasteiger charge is -2.42. The van der Waals surface area contributed by atoms with Crippen LogP contribution >= 0.6 is 0 Å². The van der Waals surface area contributed by atoms with Crippen molar-refractivity contribution in [2.24, 2.45) is 23.2 Å². The molecule has 0 aromatic carbocycles. The highest BCUT2D eigenvalue weighted by Gasteiger charge is 2.52. The summed E-state index contributed by atoms with van der Waals surface area (Å²) in [6.07, 6.45) is 12.5. The summed E-state index contributed by atoms with van der Waals surface area (Å²) in [5, 5.41) is 0. The SMILES string of the molecule is CC(CCCC(C)(C)OC1CCCCO1)C1CCC2C(=O)CCCC21C. The molecule has 1 aliphatic heterocycles. The standard InChI is InChI=1S/C23H40O3/c1-17(18-12-13-19-20(24)10-8-15-23(18,19)4)9-7-14-22(2,3)26-21-11-5-6-16-25-21/h17-19,21H,5-16H2,1-4H3. The molecule has 1 saturated heterocycles. The van der Waals surface area contributed by atoms with Crippen molar-refractivity contribution in [3.8, 4) is 0 Å². The van der Waals surface area contributed by atoms with Crippen LogP contribution in [0.1, 0.15) is 98.3 Å². The first kappa shape index (κ1) is 20.3. The lowest BCUT2D eigenvalue weighted by Crippen LogP contribution is -2.39. The van der Waals surface area contributed by atoms with Crippen LogP contribution in [0.5, 0.6) is 0 Å². The average Bonchev–Trinajstić information content (AvgIpc) is 2.93. The van der Waals surface area contributed by atoms with E-state index < -0.39 is 0 Å². The maximum atomic E-state index is 12.4. The summed E-state index contributed by atoms with van der Waals surface area (Å²) in [5.74, 6) is 2.34. The van der Waals surface area contributed by atoms with E-state index in [9.17, 15) is 4.79 Å². The average molecular weight is 365 g/mol. The fourth-order valence-electron chi connectivity index (χ4n) is 6.17. The van der Waals surface area contributed by atoms with Crippen molar-refractivity contribution < 1.29 is 14.3 Å². The molecule has 26 heavy (non-hydrogen) atoms. The van der Waals surface area contributed by atoms with Gasteiger partial charge in [-0.05, 0) is 82.5 Å². The van der Waals surface area contributed by atoms with Crippen LogP contribution in [0, 0.1) is 23.2 Å². The molecule has 3 nitrogen and oxygen atoms in total. The number of hydrogen-bond acceptors (Lipinski definition) is 3. The van der Waals surface area contributed by atoms with E-state index in [0.717, 1.165) is 44.6 Å². The third-order valence-corrected chi connectivity index (χ3v) is 7.65. The van der Waals surface area contributed by atoms with Crippen molar-refractivity contribution in [2.45, 2.75) is 110 Å². The van der Waals surface area contributed by atoms with Gasteiger partial charge in [-0.25, -0.2) is 0 Å². The summed E-state index contributed by atoms with van der Waals surface area (Å²) in [5.41, 5.74) is 0.168. The van der Waals surface area contributed by atoms with E-state index in [4.69, 9.17) is 9.47 Å². The summed E-state index contributed by atoms with van der Waals surface area (Å²) in [4.78, 5) is 12.4. The molecule has 0 aromatic heterocycles. The molecule has 5 unspecified atom stereocenters. The maximum absolute atomic E-state index is 12.4. The minimum absolute atomic E-state index is 0.000994. The highest BCUT2D eigenvalue weighted by Crippen LogP contribution is 2.57. The van der Waals surface area contributed by atoms with Gasteiger partial charge in [0.1, 0.15) is 5.78 Å². The molecule has 0 amide bonds. The Morgan fingerprint density at radius 2 is 2.04 bits per heavy atom. The van der Waals surface area contributed by atoms with E-state index in [0.29, 0.717) is 17.6 Å². The number of ether oxygens (including phenoxy) is 2. The van der Waals surface area contributed by atoms with Gasteiger partial charge in [-0.1, -0.05) is 26.7 Å². The molecule has 1 heterocycles. The van der Waals surface area contributed by atoms with E-state index in [1.807, 2.05) is 0 Å². The second-order valence-electron chi connectivity index (χ2n) is 10.1. The monoisotopic (exact) mass is 364 g/mol. The number of hydrogen-bond donors (Lipinski definition) is 0. The van der Waals surface area contributed by atoms with Crippen molar-refractivity contribution >= 4 is 5.78 Å². The maximum Gasteiger partial charge on any atom is 0.158 e. The van der Waals surface area contributed by atoms with Crippen LogP contribution in [0.15, 0.2) is 0 Å². The van der Waals surface area contributed by atoms with E-state index in [1.54, 1.807) is 0 Å². The van der Waals surface area contributed by atoms with Gasteiger partial charge < -0.3 is 9.47 Å². The smallest absolute Gasteiger partial charge is 0.158 e. The van der Waals surface area contributed by atoms with Crippen LogP contribution in [0.2, 0.25) is 0 Å². The summed E-state index contributed by atoms with van der Waals surface area (Å²) < 4.78 is 12.0. The fraction of sp³-hybridized carbons (Fsp3) is 0.957. The van der Waals surface area contributed by atoms with Gasteiger partial charge in [-0.15, -0.1) is 0 Å².